The number of hydrogen-bond acceptors (Lipinski definition) is 9. The van der Waals surface area contributed by atoms with Gasteiger partial charge >= 0.3 is 0 Å². The summed E-state index contributed by atoms with van der Waals surface area (Å²) in [5, 5.41) is 0.911. The molecule has 8 nitrogen and oxygen atoms in total. The van der Waals surface area contributed by atoms with E-state index in [-0.39, 0.29) is 5.95 Å². The number of halogens is 1. The highest BCUT2D eigenvalue weighted by Gasteiger charge is 2.23. The Bertz CT molecular complexity index is 1340. The first kappa shape index (κ1) is 20.7. The van der Waals surface area contributed by atoms with Gasteiger partial charge in [0.15, 0.2) is 5.13 Å². The zero-order valence-corrected chi connectivity index (χ0v) is 19.3. The minimum absolute atomic E-state index is 0.166. The van der Waals surface area contributed by atoms with Gasteiger partial charge in [0.05, 0.1) is 6.54 Å². The summed E-state index contributed by atoms with van der Waals surface area (Å²) in [7, 11) is 0. The maximum absolute atomic E-state index is 6.37. The van der Waals surface area contributed by atoms with Gasteiger partial charge in [-0.15, -0.1) is 0 Å². The molecule has 164 valence electrons. The van der Waals surface area contributed by atoms with Crippen LogP contribution in [0.3, 0.4) is 0 Å². The zero-order valence-electron chi connectivity index (χ0n) is 17.7. The third-order valence-electron chi connectivity index (χ3n) is 5.52. The van der Waals surface area contributed by atoms with Crippen molar-refractivity contribution in [3.8, 4) is 16.9 Å². The van der Waals surface area contributed by atoms with Crippen molar-refractivity contribution in [1.29, 1.82) is 0 Å². The Morgan fingerprint density at radius 3 is 2.81 bits per heavy atom. The fourth-order valence-electron chi connectivity index (χ4n) is 4.09. The van der Waals surface area contributed by atoms with Crippen LogP contribution in [0, 0.1) is 6.92 Å². The lowest BCUT2D eigenvalue weighted by Gasteiger charge is -2.24. The van der Waals surface area contributed by atoms with Gasteiger partial charge in [0.25, 0.3) is 0 Å². The van der Waals surface area contributed by atoms with Gasteiger partial charge in [-0.1, -0.05) is 29.9 Å². The average Bonchev–Trinajstić information content (AvgIpc) is 2.98. The third kappa shape index (κ3) is 3.67. The number of fused-ring (bicyclic) bond motifs is 2. The molecule has 1 aliphatic heterocycles. The van der Waals surface area contributed by atoms with Gasteiger partial charge in [0, 0.05) is 29.4 Å². The molecule has 1 aromatic carbocycles. The van der Waals surface area contributed by atoms with Gasteiger partial charge in [-0.05, 0) is 42.7 Å². The van der Waals surface area contributed by atoms with Crippen molar-refractivity contribution in [3.05, 3.63) is 46.2 Å². The van der Waals surface area contributed by atoms with Crippen LogP contribution >= 0.6 is 22.9 Å². The van der Waals surface area contributed by atoms with Crippen molar-refractivity contribution >= 4 is 50.2 Å². The first-order chi connectivity index (χ1) is 15.4. The lowest BCUT2D eigenvalue weighted by molar-refractivity contribution is 0.329. The standard InChI is InChI=1S/C22H22ClN7OS/c1-3-15-18(23)28-21(24)29-19(15)30-4-5-31-17-11(2)6-12(7-14(17)10-30)13-8-16-20(26-9-13)32-22(25)27-16/h6-9H,3-5,10H2,1-2H3,(H2,25,27)(H2,24,28,29). The van der Waals surface area contributed by atoms with E-state index in [9.17, 15) is 0 Å². The Kier molecular flexibility index (Phi) is 5.22. The topological polar surface area (TPSA) is 116 Å². The van der Waals surface area contributed by atoms with Gasteiger partial charge in [0.1, 0.15) is 33.7 Å². The molecule has 0 amide bonds. The smallest absolute Gasteiger partial charge is 0.223 e. The number of aromatic nitrogens is 4. The average molecular weight is 468 g/mol. The molecular formula is C22H22ClN7OS. The van der Waals surface area contributed by atoms with E-state index in [1.807, 2.05) is 19.2 Å². The Labute approximate surface area is 194 Å². The Hall–Kier alpha value is -3.17. The number of thiazole rings is 1. The van der Waals surface area contributed by atoms with Gasteiger partial charge in [-0.2, -0.15) is 4.98 Å². The lowest BCUT2D eigenvalue weighted by atomic mass is 9.99. The molecule has 0 unspecified atom stereocenters. The first-order valence-electron chi connectivity index (χ1n) is 10.3. The number of nitrogens with two attached hydrogens (primary N) is 2. The number of hydrogen-bond donors (Lipinski definition) is 2. The van der Waals surface area contributed by atoms with Gasteiger partial charge < -0.3 is 21.1 Å². The normalized spacial score (nSPS) is 13.7. The summed E-state index contributed by atoms with van der Waals surface area (Å²) in [6.45, 7) is 5.90. The zero-order chi connectivity index (χ0) is 22.4. The van der Waals surface area contributed by atoms with Crippen molar-refractivity contribution in [2.75, 3.05) is 29.5 Å². The van der Waals surface area contributed by atoms with Crippen LogP contribution in [0.4, 0.5) is 16.9 Å². The van der Waals surface area contributed by atoms with Crippen molar-refractivity contribution in [2.24, 2.45) is 0 Å². The van der Waals surface area contributed by atoms with Crippen LogP contribution in [0.2, 0.25) is 5.15 Å². The molecule has 0 bridgehead atoms. The third-order valence-corrected chi connectivity index (χ3v) is 6.64. The molecule has 0 fully saturated rings. The predicted molar refractivity (Wildman–Crippen MR) is 129 cm³/mol. The van der Waals surface area contributed by atoms with E-state index in [4.69, 9.17) is 27.8 Å². The maximum atomic E-state index is 6.37. The van der Waals surface area contributed by atoms with E-state index in [1.165, 1.54) is 11.3 Å². The van der Waals surface area contributed by atoms with Crippen LogP contribution in [0.5, 0.6) is 5.75 Å². The van der Waals surface area contributed by atoms with Crippen LogP contribution in [0.25, 0.3) is 21.5 Å². The fraction of sp³-hybridized carbons (Fsp3) is 0.273. The first-order valence-corrected chi connectivity index (χ1v) is 11.5. The molecule has 5 rings (SSSR count). The van der Waals surface area contributed by atoms with E-state index in [2.05, 4.69) is 43.9 Å². The molecule has 4 heterocycles. The number of nitrogens with zero attached hydrogens (tertiary/aromatic N) is 5. The summed E-state index contributed by atoms with van der Waals surface area (Å²) >= 11 is 7.75. The molecular weight excluding hydrogens is 446 g/mol. The fourth-order valence-corrected chi connectivity index (χ4v) is 5.05. The van der Waals surface area contributed by atoms with E-state index in [0.29, 0.717) is 36.4 Å². The number of rotatable bonds is 3. The molecule has 0 saturated heterocycles. The second-order valence-electron chi connectivity index (χ2n) is 7.68. The van der Waals surface area contributed by atoms with Crippen LogP contribution in [0.1, 0.15) is 23.6 Å². The monoisotopic (exact) mass is 467 g/mol. The van der Waals surface area contributed by atoms with E-state index in [0.717, 1.165) is 49.7 Å². The maximum Gasteiger partial charge on any atom is 0.223 e. The number of anilines is 3. The molecule has 0 saturated carbocycles. The molecule has 3 aromatic heterocycles. The molecule has 1 aliphatic rings. The molecule has 0 spiro atoms. The second kappa shape index (κ2) is 8.07. The number of aryl methyl sites for hydroxylation is 1. The van der Waals surface area contributed by atoms with Crippen molar-refractivity contribution < 1.29 is 4.74 Å². The molecule has 4 N–H and O–H groups in total. The molecule has 0 aliphatic carbocycles. The van der Waals surface area contributed by atoms with E-state index in [1.54, 1.807) is 0 Å². The summed E-state index contributed by atoms with van der Waals surface area (Å²) in [5.41, 5.74) is 17.6. The SMILES string of the molecule is CCc1c(Cl)nc(N)nc1N1CCOc2c(C)cc(-c3cnc4sc(N)nc4c3)cc2C1. The quantitative estimate of drug-likeness (QED) is 0.430. The number of benzene rings is 1. The van der Waals surface area contributed by atoms with Gasteiger partial charge in [-0.25, -0.2) is 15.0 Å². The van der Waals surface area contributed by atoms with Gasteiger partial charge in [-0.3, -0.25) is 0 Å². The Morgan fingerprint density at radius 2 is 2.00 bits per heavy atom. The molecule has 10 heteroatoms. The Morgan fingerprint density at radius 1 is 1.16 bits per heavy atom. The second-order valence-corrected chi connectivity index (χ2v) is 9.05. The summed E-state index contributed by atoms with van der Waals surface area (Å²) in [6, 6.07) is 6.27. The van der Waals surface area contributed by atoms with E-state index < -0.39 is 0 Å². The molecule has 0 atom stereocenters. The minimum atomic E-state index is 0.166. The highest BCUT2D eigenvalue weighted by atomic mass is 35.5. The number of ether oxygens (including phenoxy) is 1. The Balaban J connectivity index is 1.57. The highest BCUT2D eigenvalue weighted by Crippen LogP contribution is 2.36. The van der Waals surface area contributed by atoms with E-state index >= 15 is 0 Å². The molecule has 0 radical (unpaired) electrons. The van der Waals surface area contributed by atoms with Crippen molar-refractivity contribution in [2.45, 2.75) is 26.8 Å². The van der Waals surface area contributed by atoms with Crippen molar-refractivity contribution in [1.82, 2.24) is 19.9 Å². The molecule has 4 aromatic rings. The number of nitrogen functional groups attached to an aromatic ring is 2. The van der Waals surface area contributed by atoms with Crippen molar-refractivity contribution in [3.63, 3.8) is 0 Å². The lowest BCUT2D eigenvalue weighted by Crippen LogP contribution is -2.28. The molecule has 32 heavy (non-hydrogen) atoms. The van der Waals surface area contributed by atoms with Crippen LogP contribution in [0.15, 0.2) is 24.4 Å². The minimum Gasteiger partial charge on any atom is -0.491 e. The van der Waals surface area contributed by atoms with Crippen LogP contribution in [-0.4, -0.2) is 33.1 Å². The summed E-state index contributed by atoms with van der Waals surface area (Å²) in [5.74, 6) is 1.82. The van der Waals surface area contributed by atoms with Crippen LogP contribution < -0.4 is 21.1 Å². The highest BCUT2D eigenvalue weighted by molar-refractivity contribution is 7.21. The number of pyridine rings is 1. The van der Waals surface area contributed by atoms with Gasteiger partial charge in [0.2, 0.25) is 5.95 Å². The summed E-state index contributed by atoms with van der Waals surface area (Å²) < 4.78 is 6.14. The predicted octanol–water partition coefficient (Wildman–Crippen LogP) is 4.24. The largest absolute Gasteiger partial charge is 0.491 e. The summed E-state index contributed by atoms with van der Waals surface area (Å²) in [4.78, 5) is 20.5. The summed E-state index contributed by atoms with van der Waals surface area (Å²) in [6.07, 6.45) is 2.57. The van der Waals surface area contributed by atoms with Crippen LogP contribution in [-0.2, 0) is 13.0 Å².